The molecule has 2 nitrogen and oxygen atoms in total. The highest BCUT2D eigenvalue weighted by molar-refractivity contribution is 6.35. The monoisotopic (exact) mass is 318 g/mol. The number of rotatable bonds is 3. The lowest BCUT2D eigenvalue weighted by atomic mass is 10.0. The van der Waals surface area contributed by atoms with Crippen molar-refractivity contribution in [3.63, 3.8) is 0 Å². The molecular formula is C15H21Cl2FN2. The third-order valence-electron chi connectivity index (χ3n) is 4.22. The van der Waals surface area contributed by atoms with E-state index in [2.05, 4.69) is 24.2 Å². The Morgan fingerprint density at radius 3 is 2.75 bits per heavy atom. The Morgan fingerprint density at radius 1 is 1.25 bits per heavy atom. The summed E-state index contributed by atoms with van der Waals surface area (Å²) in [6.45, 7) is 4.17. The summed E-state index contributed by atoms with van der Waals surface area (Å²) in [5.41, 5.74) is 0.799. The second-order valence-electron chi connectivity index (χ2n) is 5.46. The van der Waals surface area contributed by atoms with Crippen molar-refractivity contribution < 1.29 is 4.39 Å². The van der Waals surface area contributed by atoms with Crippen LogP contribution in [0.2, 0.25) is 10.0 Å². The molecule has 2 unspecified atom stereocenters. The largest absolute Gasteiger partial charge is 0.317 e. The second kappa shape index (κ2) is 7.08. The van der Waals surface area contributed by atoms with E-state index in [-0.39, 0.29) is 11.1 Å². The number of hydrogen-bond donors (Lipinski definition) is 1. The van der Waals surface area contributed by atoms with Gasteiger partial charge in [-0.2, -0.15) is 0 Å². The second-order valence-corrected chi connectivity index (χ2v) is 6.28. The first kappa shape index (κ1) is 16.0. The molecular weight excluding hydrogens is 298 g/mol. The fraction of sp³-hybridized carbons (Fsp3) is 0.600. The van der Waals surface area contributed by atoms with Crippen molar-refractivity contribution in [2.75, 3.05) is 20.1 Å². The molecule has 1 heterocycles. The Morgan fingerprint density at radius 2 is 2.00 bits per heavy atom. The number of nitrogens with one attached hydrogen (secondary N) is 1. The maximum Gasteiger partial charge on any atom is 0.142 e. The first-order valence-corrected chi connectivity index (χ1v) is 7.83. The fourth-order valence-corrected chi connectivity index (χ4v) is 3.34. The fourth-order valence-electron chi connectivity index (χ4n) is 2.80. The summed E-state index contributed by atoms with van der Waals surface area (Å²) in [6.07, 6.45) is 3.43. The summed E-state index contributed by atoms with van der Waals surface area (Å²) in [4.78, 5) is 2.29. The molecule has 1 fully saturated rings. The van der Waals surface area contributed by atoms with Crippen molar-refractivity contribution in [2.45, 2.75) is 38.3 Å². The van der Waals surface area contributed by atoms with E-state index < -0.39 is 5.82 Å². The van der Waals surface area contributed by atoms with Gasteiger partial charge in [-0.1, -0.05) is 23.2 Å². The van der Waals surface area contributed by atoms with Crippen molar-refractivity contribution in [3.05, 3.63) is 33.6 Å². The van der Waals surface area contributed by atoms with Crippen LogP contribution in [0.5, 0.6) is 0 Å². The molecule has 1 aliphatic heterocycles. The molecule has 112 valence electrons. The van der Waals surface area contributed by atoms with Gasteiger partial charge in [-0.15, -0.1) is 0 Å². The van der Waals surface area contributed by atoms with Crippen molar-refractivity contribution in [3.8, 4) is 0 Å². The third-order valence-corrected chi connectivity index (χ3v) is 4.84. The highest BCUT2D eigenvalue weighted by Gasteiger charge is 2.24. The van der Waals surface area contributed by atoms with Gasteiger partial charge in [0.25, 0.3) is 0 Å². The lowest BCUT2D eigenvalue weighted by Crippen LogP contribution is -2.34. The highest BCUT2D eigenvalue weighted by Crippen LogP contribution is 2.32. The van der Waals surface area contributed by atoms with Gasteiger partial charge in [-0.25, -0.2) is 4.39 Å². The van der Waals surface area contributed by atoms with Crippen LogP contribution in [0.3, 0.4) is 0 Å². The Hall–Kier alpha value is -0.350. The lowest BCUT2D eigenvalue weighted by molar-refractivity contribution is 0.171. The first-order chi connectivity index (χ1) is 9.50. The molecule has 1 saturated heterocycles. The van der Waals surface area contributed by atoms with Gasteiger partial charge in [0.05, 0.1) is 5.02 Å². The summed E-state index contributed by atoms with van der Waals surface area (Å²) in [7, 11) is 2.09. The summed E-state index contributed by atoms with van der Waals surface area (Å²) in [5.74, 6) is -0.408. The molecule has 0 amide bonds. The predicted octanol–water partition coefficient (Wildman–Crippen LogP) is 4.27. The van der Waals surface area contributed by atoms with E-state index in [1.54, 1.807) is 0 Å². The van der Waals surface area contributed by atoms with E-state index in [4.69, 9.17) is 23.2 Å². The van der Waals surface area contributed by atoms with E-state index in [0.717, 1.165) is 31.5 Å². The van der Waals surface area contributed by atoms with Gasteiger partial charge in [0.2, 0.25) is 0 Å². The van der Waals surface area contributed by atoms with Crippen LogP contribution in [0.15, 0.2) is 12.1 Å². The molecule has 1 N–H and O–H groups in total. The molecule has 2 atom stereocenters. The molecule has 1 aromatic rings. The lowest BCUT2D eigenvalue weighted by Gasteiger charge is -2.33. The molecule has 0 aliphatic carbocycles. The summed E-state index contributed by atoms with van der Waals surface area (Å²) >= 11 is 12.0. The summed E-state index contributed by atoms with van der Waals surface area (Å²) in [6, 6.07) is 3.51. The molecule has 1 aromatic carbocycles. The number of hydrogen-bond acceptors (Lipinski definition) is 2. The van der Waals surface area contributed by atoms with Crippen molar-refractivity contribution in [2.24, 2.45) is 0 Å². The number of nitrogens with zero attached hydrogens (tertiary/aromatic N) is 1. The van der Waals surface area contributed by atoms with Gasteiger partial charge >= 0.3 is 0 Å². The molecule has 2 rings (SSSR count). The average molecular weight is 319 g/mol. The molecule has 5 heteroatoms. The van der Waals surface area contributed by atoms with Crippen LogP contribution in [0.25, 0.3) is 0 Å². The van der Waals surface area contributed by atoms with E-state index >= 15 is 0 Å². The van der Waals surface area contributed by atoms with Crippen LogP contribution in [-0.4, -0.2) is 31.1 Å². The summed E-state index contributed by atoms with van der Waals surface area (Å²) in [5, 5.41) is 4.01. The van der Waals surface area contributed by atoms with E-state index in [1.807, 2.05) is 0 Å². The van der Waals surface area contributed by atoms with Gasteiger partial charge in [0, 0.05) is 17.1 Å². The maximum atomic E-state index is 13.7. The molecule has 0 radical (unpaired) electrons. The van der Waals surface area contributed by atoms with Gasteiger partial charge < -0.3 is 5.32 Å². The minimum atomic E-state index is -0.408. The Kier molecular flexibility index (Phi) is 5.67. The molecule has 0 spiro atoms. The van der Waals surface area contributed by atoms with Gasteiger partial charge in [-0.05, 0) is 64.0 Å². The van der Waals surface area contributed by atoms with Crippen LogP contribution in [0.1, 0.15) is 37.8 Å². The SMILES string of the molecule is CC(c1cc(F)c(Cl)cc1Cl)N(C)C1CCCNCC1. The van der Waals surface area contributed by atoms with Crippen molar-refractivity contribution in [1.82, 2.24) is 10.2 Å². The molecule has 0 aromatic heterocycles. The molecule has 0 bridgehead atoms. The first-order valence-electron chi connectivity index (χ1n) is 7.07. The minimum absolute atomic E-state index is 0.0670. The Bertz CT molecular complexity index is 459. The van der Waals surface area contributed by atoms with Crippen LogP contribution < -0.4 is 5.32 Å². The molecule has 0 saturated carbocycles. The maximum absolute atomic E-state index is 13.7. The Labute approximate surface area is 130 Å². The predicted molar refractivity (Wildman–Crippen MR) is 83.1 cm³/mol. The van der Waals surface area contributed by atoms with Crippen LogP contribution >= 0.6 is 23.2 Å². The van der Waals surface area contributed by atoms with Gasteiger partial charge in [0.1, 0.15) is 5.82 Å². The Balaban J connectivity index is 2.17. The van der Waals surface area contributed by atoms with Crippen molar-refractivity contribution in [1.29, 1.82) is 0 Å². The zero-order valence-electron chi connectivity index (χ0n) is 11.9. The minimum Gasteiger partial charge on any atom is -0.317 e. The zero-order valence-corrected chi connectivity index (χ0v) is 13.4. The average Bonchev–Trinajstić information content (AvgIpc) is 2.70. The molecule has 1 aliphatic rings. The van der Waals surface area contributed by atoms with Gasteiger partial charge in [0.15, 0.2) is 0 Å². The van der Waals surface area contributed by atoms with Crippen molar-refractivity contribution >= 4 is 23.2 Å². The van der Waals surface area contributed by atoms with Crippen LogP contribution in [-0.2, 0) is 0 Å². The zero-order chi connectivity index (χ0) is 14.7. The van der Waals surface area contributed by atoms with Crippen LogP contribution in [0.4, 0.5) is 4.39 Å². The molecule has 20 heavy (non-hydrogen) atoms. The smallest absolute Gasteiger partial charge is 0.142 e. The topological polar surface area (TPSA) is 15.3 Å². The van der Waals surface area contributed by atoms with Crippen LogP contribution in [0, 0.1) is 5.82 Å². The highest BCUT2D eigenvalue weighted by atomic mass is 35.5. The number of halogens is 3. The normalized spacial score (nSPS) is 21.8. The van der Waals surface area contributed by atoms with E-state index in [0.29, 0.717) is 11.1 Å². The third kappa shape index (κ3) is 3.64. The quantitative estimate of drug-likeness (QED) is 0.837. The number of benzene rings is 1. The van der Waals surface area contributed by atoms with E-state index in [9.17, 15) is 4.39 Å². The van der Waals surface area contributed by atoms with Gasteiger partial charge in [-0.3, -0.25) is 4.90 Å². The van der Waals surface area contributed by atoms with E-state index in [1.165, 1.54) is 18.6 Å². The standard InChI is InChI=1S/C15H21Cl2FN2/c1-10(12-8-15(18)14(17)9-13(12)16)20(2)11-4-3-6-19-7-5-11/h8-11,19H,3-7H2,1-2H3. The summed E-state index contributed by atoms with van der Waals surface area (Å²) < 4.78 is 13.7.